The lowest BCUT2D eigenvalue weighted by Crippen LogP contribution is -2.53. The summed E-state index contributed by atoms with van der Waals surface area (Å²) in [4.78, 5) is 30.8. The average Bonchev–Trinajstić information content (AvgIpc) is 3.07. The lowest BCUT2D eigenvalue weighted by Gasteiger charge is -2.37. The van der Waals surface area contributed by atoms with Gasteiger partial charge in [0.1, 0.15) is 5.76 Å². The molecule has 9 heteroatoms. The Bertz CT molecular complexity index is 641. The van der Waals surface area contributed by atoms with Gasteiger partial charge in [0.05, 0.1) is 25.8 Å². The van der Waals surface area contributed by atoms with Gasteiger partial charge in [0.2, 0.25) is 11.8 Å². The molecular weight excluding hydrogens is 350 g/mol. The molecule has 2 aliphatic rings. The van der Waals surface area contributed by atoms with Gasteiger partial charge >= 0.3 is 0 Å². The van der Waals surface area contributed by atoms with Crippen LogP contribution in [0.2, 0.25) is 0 Å². The molecule has 2 aliphatic heterocycles. The van der Waals surface area contributed by atoms with Crippen LogP contribution < -0.4 is 5.32 Å². The zero-order chi connectivity index (χ0) is 19.2. The van der Waals surface area contributed by atoms with Crippen LogP contribution in [0.5, 0.6) is 0 Å². The van der Waals surface area contributed by atoms with Crippen molar-refractivity contribution in [1.82, 2.24) is 19.9 Å². The molecule has 0 aliphatic carbocycles. The van der Waals surface area contributed by atoms with E-state index in [1.54, 1.807) is 13.0 Å². The van der Waals surface area contributed by atoms with Crippen LogP contribution in [0.25, 0.3) is 0 Å². The summed E-state index contributed by atoms with van der Waals surface area (Å²) in [5.41, 5.74) is 0. The number of aromatic nitrogens is 1. The highest BCUT2D eigenvalue weighted by atomic mass is 16.5. The molecule has 1 atom stereocenters. The van der Waals surface area contributed by atoms with Crippen LogP contribution in [-0.4, -0.2) is 96.7 Å². The van der Waals surface area contributed by atoms with Crippen LogP contribution in [0, 0.1) is 6.92 Å². The van der Waals surface area contributed by atoms with Crippen LogP contribution in [0.3, 0.4) is 0 Å². The zero-order valence-electron chi connectivity index (χ0n) is 16.1. The van der Waals surface area contributed by atoms with E-state index >= 15 is 0 Å². The zero-order valence-corrected chi connectivity index (χ0v) is 16.1. The summed E-state index contributed by atoms with van der Waals surface area (Å²) in [6, 6.07) is 1.69. The number of rotatable bonds is 6. The minimum atomic E-state index is -0.105. The molecular formula is C18H29N5O4. The molecule has 150 valence electrons. The van der Waals surface area contributed by atoms with Crippen molar-refractivity contribution in [3.8, 4) is 0 Å². The second-order valence-corrected chi connectivity index (χ2v) is 7.16. The van der Waals surface area contributed by atoms with Crippen molar-refractivity contribution in [2.75, 3.05) is 64.3 Å². The molecule has 2 amide bonds. The van der Waals surface area contributed by atoms with Gasteiger partial charge in [-0.1, -0.05) is 12.1 Å². The van der Waals surface area contributed by atoms with Crippen molar-refractivity contribution in [2.24, 2.45) is 0 Å². The molecule has 1 unspecified atom stereocenters. The fraction of sp³-hybridized carbons (Fsp3) is 0.722. The van der Waals surface area contributed by atoms with E-state index in [0.717, 1.165) is 32.6 Å². The Kier molecular flexibility index (Phi) is 6.81. The fourth-order valence-corrected chi connectivity index (χ4v) is 3.40. The molecule has 0 aromatic carbocycles. The SMILES string of the molecule is CCC1CN(C(=O)CN2CCN(CC(=O)Nc3cc(C)on3)CC2)CCO1. The van der Waals surface area contributed by atoms with Crippen molar-refractivity contribution >= 4 is 17.6 Å². The number of hydrogen-bond acceptors (Lipinski definition) is 7. The van der Waals surface area contributed by atoms with Crippen LogP contribution >= 0.6 is 0 Å². The third-order valence-electron chi connectivity index (χ3n) is 5.03. The van der Waals surface area contributed by atoms with Crippen LogP contribution in [0.4, 0.5) is 5.82 Å². The van der Waals surface area contributed by atoms with Gasteiger partial charge < -0.3 is 19.5 Å². The molecule has 27 heavy (non-hydrogen) atoms. The summed E-state index contributed by atoms with van der Waals surface area (Å²) in [7, 11) is 0. The van der Waals surface area contributed by atoms with Crippen molar-refractivity contribution in [2.45, 2.75) is 26.4 Å². The summed E-state index contributed by atoms with van der Waals surface area (Å²) in [6.07, 6.45) is 1.09. The second-order valence-electron chi connectivity index (χ2n) is 7.16. The smallest absolute Gasteiger partial charge is 0.239 e. The number of hydrogen-bond donors (Lipinski definition) is 1. The lowest BCUT2D eigenvalue weighted by molar-refractivity contribution is -0.140. The highest BCUT2D eigenvalue weighted by molar-refractivity contribution is 5.91. The monoisotopic (exact) mass is 379 g/mol. The van der Waals surface area contributed by atoms with E-state index < -0.39 is 0 Å². The Morgan fingerprint density at radius 1 is 1.19 bits per heavy atom. The number of morpholine rings is 1. The second kappa shape index (κ2) is 9.29. The van der Waals surface area contributed by atoms with E-state index in [0.29, 0.717) is 44.4 Å². The predicted molar refractivity (Wildman–Crippen MR) is 99.4 cm³/mol. The van der Waals surface area contributed by atoms with Crippen molar-refractivity contribution in [1.29, 1.82) is 0 Å². The maximum absolute atomic E-state index is 12.5. The van der Waals surface area contributed by atoms with E-state index in [-0.39, 0.29) is 17.9 Å². The highest BCUT2D eigenvalue weighted by Crippen LogP contribution is 2.10. The third-order valence-corrected chi connectivity index (χ3v) is 5.03. The van der Waals surface area contributed by atoms with Gasteiger partial charge in [-0.2, -0.15) is 0 Å². The van der Waals surface area contributed by atoms with Gasteiger partial charge in [-0.25, -0.2) is 0 Å². The quantitative estimate of drug-likeness (QED) is 0.754. The van der Waals surface area contributed by atoms with Crippen molar-refractivity contribution < 1.29 is 18.8 Å². The fourth-order valence-electron chi connectivity index (χ4n) is 3.40. The molecule has 2 fully saturated rings. The molecule has 9 nitrogen and oxygen atoms in total. The molecule has 0 bridgehead atoms. The molecule has 2 saturated heterocycles. The number of carbonyl (C=O) groups is 2. The largest absolute Gasteiger partial charge is 0.375 e. The molecule has 0 spiro atoms. The molecule has 0 saturated carbocycles. The van der Waals surface area contributed by atoms with Gasteiger partial charge in [-0.3, -0.25) is 19.4 Å². The molecule has 3 rings (SSSR count). The van der Waals surface area contributed by atoms with E-state index in [9.17, 15) is 9.59 Å². The van der Waals surface area contributed by atoms with E-state index in [4.69, 9.17) is 9.26 Å². The van der Waals surface area contributed by atoms with Crippen LogP contribution in [0.15, 0.2) is 10.6 Å². The number of nitrogens with zero attached hydrogens (tertiary/aromatic N) is 4. The Hall–Kier alpha value is -1.97. The summed E-state index contributed by atoms with van der Waals surface area (Å²) in [6.45, 7) is 9.70. The Morgan fingerprint density at radius 3 is 2.52 bits per heavy atom. The number of nitrogens with one attached hydrogen (secondary N) is 1. The normalized spacial score (nSPS) is 22.0. The average molecular weight is 379 g/mol. The molecule has 1 aromatic heterocycles. The topological polar surface area (TPSA) is 91.2 Å². The summed E-state index contributed by atoms with van der Waals surface area (Å²) < 4.78 is 10.6. The maximum Gasteiger partial charge on any atom is 0.239 e. The Morgan fingerprint density at radius 2 is 1.89 bits per heavy atom. The van der Waals surface area contributed by atoms with Gasteiger partial charge in [-0.05, 0) is 13.3 Å². The first-order valence-corrected chi connectivity index (χ1v) is 9.60. The minimum absolute atomic E-state index is 0.105. The Balaban J connectivity index is 1.37. The van der Waals surface area contributed by atoms with Gasteiger partial charge in [0, 0.05) is 45.3 Å². The molecule has 3 heterocycles. The lowest BCUT2D eigenvalue weighted by atomic mass is 10.2. The first-order chi connectivity index (χ1) is 13.0. The highest BCUT2D eigenvalue weighted by Gasteiger charge is 2.26. The van der Waals surface area contributed by atoms with Gasteiger partial charge in [-0.15, -0.1) is 0 Å². The summed E-state index contributed by atoms with van der Waals surface area (Å²) in [5, 5.41) is 6.50. The van der Waals surface area contributed by atoms with Crippen LogP contribution in [-0.2, 0) is 14.3 Å². The third kappa shape index (κ3) is 5.75. The number of anilines is 1. The number of ether oxygens (including phenoxy) is 1. The standard InChI is InChI=1S/C18H29N5O4/c1-3-15-11-23(8-9-26-15)18(25)13-22-6-4-21(5-7-22)12-17(24)19-16-10-14(2)27-20-16/h10,15H,3-9,11-13H2,1-2H3,(H,19,20,24). The molecule has 1 N–H and O–H groups in total. The minimum Gasteiger partial charge on any atom is -0.375 e. The van der Waals surface area contributed by atoms with E-state index in [2.05, 4.69) is 27.2 Å². The number of carbonyl (C=O) groups excluding carboxylic acids is 2. The predicted octanol–water partition coefficient (Wildman–Crippen LogP) is 0.177. The van der Waals surface area contributed by atoms with E-state index in [1.807, 2.05) is 4.90 Å². The number of piperazine rings is 1. The summed E-state index contributed by atoms with van der Waals surface area (Å²) >= 11 is 0. The Labute approximate surface area is 159 Å². The summed E-state index contributed by atoms with van der Waals surface area (Å²) in [5.74, 6) is 1.17. The van der Waals surface area contributed by atoms with Gasteiger partial charge in [0.15, 0.2) is 5.82 Å². The first kappa shape index (κ1) is 19.8. The van der Waals surface area contributed by atoms with Crippen LogP contribution in [0.1, 0.15) is 19.1 Å². The van der Waals surface area contributed by atoms with E-state index in [1.165, 1.54) is 0 Å². The molecule has 1 aromatic rings. The van der Waals surface area contributed by atoms with Gasteiger partial charge in [0.25, 0.3) is 0 Å². The maximum atomic E-state index is 12.5. The number of aryl methyl sites for hydroxylation is 1. The van der Waals surface area contributed by atoms with Crippen molar-refractivity contribution in [3.05, 3.63) is 11.8 Å². The molecule has 0 radical (unpaired) electrons. The van der Waals surface area contributed by atoms with Crippen molar-refractivity contribution in [3.63, 3.8) is 0 Å². The first-order valence-electron chi connectivity index (χ1n) is 9.60. The number of amides is 2.